The first-order chi connectivity index (χ1) is 11.8. The molecule has 0 spiro atoms. The minimum absolute atomic E-state index is 0.0179. The molecule has 5 nitrogen and oxygen atoms in total. The normalized spacial score (nSPS) is 19.9. The standard InChI is InChI=1S/C19H23N3O2/c23-19(22-12-10-21(11-13-22)16-8-9-16)20-18(17-7-4-14-24-17)15-5-2-1-3-6-15/h1-7,14,16,18H,8-13H2,(H,20,23). The van der Waals surface area contributed by atoms with Crippen LogP contribution in [0.2, 0.25) is 0 Å². The van der Waals surface area contributed by atoms with Gasteiger partial charge in [-0.3, -0.25) is 4.90 Å². The van der Waals surface area contributed by atoms with E-state index >= 15 is 0 Å². The van der Waals surface area contributed by atoms with Gasteiger partial charge in [0.2, 0.25) is 0 Å². The van der Waals surface area contributed by atoms with Crippen LogP contribution in [0.25, 0.3) is 0 Å². The summed E-state index contributed by atoms with van der Waals surface area (Å²) in [5.74, 6) is 0.756. The zero-order valence-corrected chi connectivity index (χ0v) is 13.7. The van der Waals surface area contributed by atoms with E-state index in [4.69, 9.17) is 4.42 Å². The van der Waals surface area contributed by atoms with Crippen LogP contribution in [-0.4, -0.2) is 48.1 Å². The molecule has 1 aromatic heterocycles. The highest BCUT2D eigenvalue weighted by atomic mass is 16.3. The third-order valence-electron chi connectivity index (χ3n) is 4.89. The molecule has 1 saturated heterocycles. The molecule has 4 rings (SSSR count). The average Bonchev–Trinajstić information content (AvgIpc) is 3.35. The van der Waals surface area contributed by atoms with Crippen molar-refractivity contribution in [3.63, 3.8) is 0 Å². The Bertz CT molecular complexity index is 659. The monoisotopic (exact) mass is 325 g/mol. The number of furan rings is 1. The quantitative estimate of drug-likeness (QED) is 0.940. The van der Waals surface area contributed by atoms with Crippen LogP contribution < -0.4 is 5.32 Å². The summed E-state index contributed by atoms with van der Waals surface area (Å²) in [5, 5.41) is 3.14. The third-order valence-corrected chi connectivity index (χ3v) is 4.89. The molecule has 2 aromatic rings. The molecule has 126 valence electrons. The van der Waals surface area contributed by atoms with Crippen LogP contribution in [0.1, 0.15) is 30.2 Å². The van der Waals surface area contributed by atoms with Crippen molar-refractivity contribution in [1.82, 2.24) is 15.1 Å². The van der Waals surface area contributed by atoms with Gasteiger partial charge in [-0.25, -0.2) is 4.79 Å². The largest absolute Gasteiger partial charge is 0.467 e. The van der Waals surface area contributed by atoms with Crippen molar-refractivity contribution in [1.29, 1.82) is 0 Å². The molecule has 5 heteroatoms. The summed E-state index contributed by atoms with van der Waals surface area (Å²) in [6.07, 6.45) is 4.29. The van der Waals surface area contributed by atoms with Gasteiger partial charge in [-0.15, -0.1) is 0 Å². The highest BCUT2D eigenvalue weighted by molar-refractivity contribution is 5.75. The Balaban J connectivity index is 1.43. The van der Waals surface area contributed by atoms with E-state index in [1.54, 1.807) is 6.26 Å². The maximum absolute atomic E-state index is 12.7. The number of carbonyl (C=O) groups is 1. The van der Waals surface area contributed by atoms with Gasteiger partial charge in [0.15, 0.2) is 0 Å². The molecule has 0 bridgehead atoms. The summed E-state index contributed by atoms with van der Waals surface area (Å²) in [6, 6.07) is 14.2. The van der Waals surface area contributed by atoms with Gasteiger partial charge >= 0.3 is 6.03 Å². The van der Waals surface area contributed by atoms with Gasteiger partial charge in [-0.2, -0.15) is 0 Å². The summed E-state index contributed by atoms with van der Waals surface area (Å²) in [6.45, 7) is 3.55. The Morgan fingerprint density at radius 2 is 1.79 bits per heavy atom. The van der Waals surface area contributed by atoms with Crippen LogP contribution in [0.5, 0.6) is 0 Å². The van der Waals surface area contributed by atoms with Gasteiger partial charge in [-0.05, 0) is 30.5 Å². The number of nitrogens with zero attached hydrogens (tertiary/aromatic N) is 2. The minimum atomic E-state index is -0.254. The first-order valence-electron chi connectivity index (χ1n) is 8.69. The summed E-state index contributed by atoms with van der Waals surface area (Å²) in [7, 11) is 0. The molecule has 2 amide bonds. The predicted octanol–water partition coefficient (Wildman–Crippen LogP) is 2.86. The van der Waals surface area contributed by atoms with E-state index < -0.39 is 0 Å². The molecule has 2 aliphatic rings. The first-order valence-corrected chi connectivity index (χ1v) is 8.69. The predicted molar refractivity (Wildman–Crippen MR) is 91.7 cm³/mol. The fourth-order valence-electron chi connectivity index (χ4n) is 3.36. The smallest absolute Gasteiger partial charge is 0.318 e. The molecular formula is C19H23N3O2. The molecule has 24 heavy (non-hydrogen) atoms. The summed E-state index contributed by atoms with van der Waals surface area (Å²) >= 11 is 0. The van der Waals surface area contributed by atoms with E-state index in [9.17, 15) is 4.79 Å². The van der Waals surface area contributed by atoms with Crippen molar-refractivity contribution in [3.05, 3.63) is 60.1 Å². The van der Waals surface area contributed by atoms with Gasteiger partial charge in [0.05, 0.1) is 6.26 Å². The fourth-order valence-corrected chi connectivity index (χ4v) is 3.36. The lowest BCUT2D eigenvalue weighted by molar-refractivity contribution is 0.133. The fraction of sp³-hybridized carbons (Fsp3) is 0.421. The van der Waals surface area contributed by atoms with Crippen molar-refractivity contribution in [2.45, 2.75) is 24.9 Å². The zero-order valence-electron chi connectivity index (χ0n) is 13.7. The number of rotatable bonds is 4. The van der Waals surface area contributed by atoms with Gasteiger partial charge in [-0.1, -0.05) is 30.3 Å². The Morgan fingerprint density at radius 3 is 2.42 bits per heavy atom. The number of amides is 2. The highest BCUT2D eigenvalue weighted by Gasteiger charge is 2.32. The number of benzene rings is 1. The molecule has 1 unspecified atom stereocenters. The van der Waals surface area contributed by atoms with Crippen LogP contribution in [-0.2, 0) is 0 Å². The van der Waals surface area contributed by atoms with Gasteiger partial charge in [0.25, 0.3) is 0 Å². The molecule has 2 heterocycles. The number of hydrogen-bond donors (Lipinski definition) is 1. The van der Waals surface area contributed by atoms with E-state index in [0.717, 1.165) is 43.5 Å². The van der Waals surface area contributed by atoms with Crippen molar-refractivity contribution < 1.29 is 9.21 Å². The number of nitrogens with one attached hydrogen (secondary N) is 1. The zero-order chi connectivity index (χ0) is 16.4. The molecule has 0 radical (unpaired) electrons. The number of carbonyl (C=O) groups excluding carboxylic acids is 1. The lowest BCUT2D eigenvalue weighted by Crippen LogP contribution is -2.52. The van der Waals surface area contributed by atoms with E-state index in [1.165, 1.54) is 12.8 Å². The summed E-state index contributed by atoms with van der Waals surface area (Å²) in [4.78, 5) is 17.1. The molecular weight excluding hydrogens is 302 g/mol. The molecule has 1 atom stereocenters. The molecule has 2 fully saturated rings. The van der Waals surface area contributed by atoms with Crippen molar-refractivity contribution in [2.24, 2.45) is 0 Å². The minimum Gasteiger partial charge on any atom is -0.467 e. The second-order valence-corrected chi connectivity index (χ2v) is 6.56. The van der Waals surface area contributed by atoms with Gasteiger partial charge in [0.1, 0.15) is 11.8 Å². The first kappa shape index (κ1) is 15.3. The molecule has 1 saturated carbocycles. The molecule has 1 N–H and O–H groups in total. The van der Waals surface area contributed by atoms with E-state index in [1.807, 2.05) is 47.4 Å². The molecule has 1 aliphatic carbocycles. The highest BCUT2D eigenvalue weighted by Crippen LogP contribution is 2.28. The maximum atomic E-state index is 12.7. The topological polar surface area (TPSA) is 48.7 Å². The van der Waals surface area contributed by atoms with Crippen LogP contribution in [0.15, 0.2) is 53.1 Å². The Hall–Kier alpha value is -2.27. The Labute approximate surface area is 142 Å². The number of piperazine rings is 1. The second-order valence-electron chi connectivity index (χ2n) is 6.56. The van der Waals surface area contributed by atoms with E-state index in [-0.39, 0.29) is 12.1 Å². The van der Waals surface area contributed by atoms with Gasteiger partial charge < -0.3 is 14.6 Å². The number of urea groups is 1. The van der Waals surface area contributed by atoms with Crippen LogP contribution in [0, 0.1) is 0 Å². The SMILES string of the molecule is O=C(NC(c1ccccc1)c1ccco1)N1CCN(C2CC2)CC1. The third kappa shape index (κ3) is 3.31. The second kappa shape index (κ2) is 6.69. The molecule has 1 aromatic carbocycles. The van der Waals surface area contributed by atoms with E-state index in [0.29, 0.717) is 0 Å². The van der Waals surface area contributed by atoms with Crippen molar-refractivity contribution >= 4 is 6.03 Å². The Kier molecular flexibility index (Phi) is 4.26. The Morgan fingerprint density at radius 1 is 1.04 bits per heavy atom. The lowest BCUT2D eigenvalue weighted by Gasteiger charge is -2.35. The van der Waals surface area contributed by atoms with Crippen molar-refractivity contribution in [2.75, 3.05) is 26.2 Å². The van der Waals surface area contributed by atoms with E-state index in [2.05, 4.69) is 10.2 Å². The summed E-state index contributed by atoms with van der Waals surface area (Å²) in [5.41, 5.74) is 1.03. The van der Waals surface area contributed by atoms with Crippen molar-refractivity contribution in [3.8, 4) is 0 Å². The van der Waals surface area contributed by atoms with Crippen LogP contribution >= 0.6 is 0 Å². The van der Waals surface area contributed by atoms with Crippen LogP contribution in [0.3, 0.4) is 0 Å². The van der Waals surface area contributed by atoms with Crippen LogP contribution in [0.4, 0.5) is 4.79 Å². The van der Waals surface area contributed by atoms with Gasteiger partial charge in [0, 0.05) is 32.2 Å². The molecule has 1 aliphatic heterocycles. The lowest BCUT2D eigenvalue weighted by atomic mass is 10.0. The maximum Gasteiger partial charge on any atom is 0.318 e. The summed E-state index contributed by atoms with van der Waals surface area (Å²) < 4.78 is 5.55. The number of hydrogen-bond acceptors (Lipinski definition) is 3. The average molecular weight is 325 g/mol.